The van der Waals surface area contributed by atoms with Gasteiger partial charge >= 0.3 is 0 Å². The lowest BCUT2D eigenvalue weighted by molar-refractivity contribution is 0.643. The number of allylic oxidation sites excluding steroid dienone is 2. The van der Waals surface area contributed by atoms with Crippen LogP contribution in [0.15, 0.2) is 23.0 Å². The normalized spacial score (nSPS) is 14.0. The molecule has 0 N–H and O–H groups in total. The second-order valence-corrected chi connectivity index (χ2v) is 6.16. The molecule has 0 aliphatic rings. The smallest absolute Gasteiger partial charge is 0.149 e. The minimum atomic E-state index is -0.260. The van der Waals surface area contributed by atoms with Crippen molar-refractivity contribution < 1.29 is 4.12 Å². The highest BCUT2D eigenvalue weighted by Crippen LogP contribution is 1.89. The molecule has 0 aromatic carbocycles. The van der Waals surface area contributed by atoms with Crippen LogP contribution in [-0.2, 0) is 4.12 Å². The van der Waals surface area contributed by atoms with E-state index >= 15 is 0 Å². The lowest BCUT2D eigenvalue weighted by Crippen LogP contribution is -2.00. The molecule has 0 heterocycles. The second-order valence-electron chi connectivity index (χ2n) is 1.96. The highest BCUT2D eigenvalue weighted by atomic mass is 32.1. The molecule has 0 saturated heterocycles. The zero-order valence-corrected chi connectivity index (χ0v) is 11.1. The summed E-state index contributed by atoms with van der Waals surface area (Å²) in [5.41, 5.74) is 0. The Hall–Kier alpha value is 0.574. The molecule has 1 nitrogen and oxygen atoms in total. The van der Waals surface area contributed by atoms with E-state index in [1.807, 2.05) is 0 Å². The van der Waals surface area contributed by atoms with Gasteiger partial charge in [0.15, 0.2) is 0 Å². The van der Waals surface area contributed by atoms with Gasteiger partial charge in [0.1, 0.15) is 19.5 Å². The van der Waals surface area contributed by atoms with Crippen molar-refractivity contribution in [3.63, 3.8) is 0 Å². The molecular formula is C6H14OS2Si2. The first-order valence-corrected chi connectivity index (χ1v) is 7.76. The Morgan fingerprint density at radius 1 is 1.00 bits per heavy atom. The summed E-state index contributed by atoms with van der Waals surface area (Å²) in [4.78, 5) is 0. The predicted octanol–water partition coefficient (Wildman–Crippen LogP) is 0.894. The summed E-state index contributed by atoms with van der Waals surface area (Å²) in [6.45, 7) is 0. The fourth-order valence-electron chi connectivity index (χ4n) is 0.554. The third kappa shape index (κ3) is 10.6. The van der Waals surface area contributed by atoms with Crippen LogP contribution in [0.4, 0.5) is 0 Å². The van der Waals surface area contributed by atoms with Crippen LogP contribution >= 0.6 is 25.3 Å². The van der Waals surface area contributed by atoms with E-state index in [1.165, 1.54) is 0 Å². The summed E-state index contributed by atoms with van der Waals surface area (Å²) >= 11 is 7.91. The van der Waals surface area contributed by atoms with Crippen LogP contribution < -0.4 is 0 Å². The molecule has 0 aromatic rings. The van der Waals surface area contributed by atoms with Crippen molar-refractivity contribution in [1.82, 2.24) is 0 Å². The van der Waals surface area contributed by atoms with Crippen molar-refractivity contribution in [2.24, 2.45) is 0 Å². The molecule has 0 amide bonds. The van der Waals surface area contributed by atoms with Gasteiger partial charge in [-0.1, -0.05) is 12.2 Å². The molecule has 11 heavy (non-hydrogen) atoms. The summed E-state index contributed by atoms with van der Waals surface area (Å²) in [5.74, 6) is 0. The van der Waals surface area contributed by atoms with E-state index in [9.17, 15) is 0 Å². The molecule has 0 rings (SSSR count). The lowest BCUT2D eigenvalue weighted by Gasteiger charge is -1.96. The van der Waals surface area contributed by atoms with Gasteiger partial charge in [-0.3, -0.25) is 0 Å². The maximum Gasteiger partial charge on any atom is 0.149 e. The fourth-order valence-corrected chi connectivity index (χ4v) is 4.17. The van der Waals surface area contributed by atoms with Crippen LogP contribution in [0.3, 0.4) is 0 Å². The van der Waals surface area contributed by atoms with Crippen molar-refractivity contribution in [2.45, 2.75) is 12.1 Å². The quantitative estimate of drug-likeness (QED) is 0.386. The molecule has 0 fully saturated rings. The largest absolute Gasteiger partial charge is 0.465 e. The van der Waals surface area contributed by atoms with Crippen LogP contribution in [0.2, 0.25) is 12.1 Å². The van der Waals surface area contributed by atoms with Gasteiger partial charge in [-0.25, -0.2) is 0 Å². The maximum absolute atomic E-state index is 5.55. The molecule has 0 aliphatic heterocycles. The van der Waals surface area contributed by atoms with Crippen molar-refractivity contribution in [1.29, 1.82) is 0 Å². The Bertz CT molecular complexity index is 114. The molecule has 0 aliphatic carbocycles. The summed E-state index contributed by atoms with van der Waals surface area (Å²) in [5, 5.41) is 3.57. The van der Waals surface area contributed by atoms with Crippen LogP contribution in [-0.4, -0.2) is 19.5 Å². The predicted molar refractivity (Wildman–Crippen MR) is 64.0 cm³/mol. The standard InChI is InChI=1S/C6H14OS2Si2/c8-3-1-5-10-7-11-6-2-4-9/h1-4,8-9H,5-6,10-11H2. The topological polar surface area (TPSA) is 9.23 Å². The zero-order chi connectivity index (χ0) is 8.36. The van der Waals surface area contributed by atoms with Crippen LogP contribution in [0.25, 0.3) is 0 Å². The van der Waals surface area contributed by atoms with Gasteiger partial charge in [0.25, 0.3) is 0 Å². The molecule has 0 spiro atoms. The van der Waals surface area contributed by atoms with Gasteiger partial charge < -0.3 is 4.12 Å². The SMILES string of the molecule is SC=CC[SiH2]O[SiH2]CC=CS. The first-order valence-electron chi connectivity index (χ1n) is 3.58. The van der Waals surface area contributed by atoms with E-state index in [2.05, 4.69) is 37.4 Å². The van der Waals surface area contributed by atoms with Crippen molar-refractivity contribution >= 4 is 44.8 Å². The van der Waals surface area contributed by atoms with E-state index in [4.69, 9.17) is 4.12 Å². The Balaban J connectivity index is 2.90. The average Bonchev–Trinajstić information content (AvgIpc) is 2.03. The molecule has 0 aromatic heterocycles. The van der Waals surface area contributed by atoms with Gasteiger partial charge in [-0.2, -0.15) is 25.3 Å². The summed E-state index contributed by atoms with van der Waals surface area (Å²) in [6, 6.07) is 2.22. The molecule has 0 radical (unpaired) electrons. The maximum atomic E-state index is 5.55. The van der Waals surface area contributed by atoms with Crippen molar-refractivity contribution in [2.75, 3.05) is 0 Å². The fraction of sp³-hybridized carbons (Fsp3) is 0.333. The second kappa shape index (κ2) is 10.6. The number of rotatable bonds is 6. The number of thiol groups is 2. The van der Waals surface area contributed by atoms with Crippen molar-refractivity contribution in [3.8, 4) is 0 Å². The van der Waals surface area contributed by atoms with E-state index in [0.29, 0.717) is 0 Å². The van der Waals surface area contributed by atoms with Gasteiger partial charge in [0, 0.05) is 0 Å². The Morgan fingerprint density at radius 2 is 1.45 bits per heavy atom. The monoisotopic (exact) mass is 222 g/mol. The third-order valence-electron chi connectivity index (χ3n) is 1.07. The minimum Gasteiger partial charge on any atom is -0.465 e. The Kier molecular flexibility index (Phi) is 11.1. The highest BCUT2D eigenvalue weighted by Gasteiger charge is 1.84. The Labute approximate surface area is 84.0 Å². The highest BCUT2D eigenvalue weighted by molar-refractivity contribution is 7.83. The minimum absolute atomic E-state index is 0.260. The van der Waals surface area contributed by atoms with Gasteiger partial charge in [0.05, 0.1) is 0 Å². The van der Waals surface area contributed by atoms with E-state index in [0.717, 1.165) is 12.1 Å². The van der Waals surface area contributed by atoms with Crippen molar-refractivity contribution in [3.05, 3.63) is 23.0 Å². The molecule has 0 atom stereocenters. The molecule has 0 bridgehead atoms. The van der Waals surface area contributed by atoms with E-state index in [1.54, 1.807) is 10.8 Å². The van der Waals surface area contributed by atoms with Crippen LogP contribution in [0.1, 0.15) is 0 Å². The molecule has 0 unspecified atom stereocenters. The number of hydrogen-bond donors (Lipinski definition) is 2. The Morgan fingerprint density at radius 3 is 1.82 bits per heavy atom. The lowest BCUT2D eigenvalue weighted by atomic mass is 10.8. The molecular weight excluding hydrogens is 208 g/mol. The van der Waals surface area contributed by atoms with Gasteiger partial charge in [0.2, 0.25) is 0 Å². The number of hydrogen-bond acceptors (Lipinski definition) is 3. The van der Waals surface area contributed by atoms with E-state index < -0.39 is 0 Å². The first kappa shape index (κ1) is 11.6. The average molecular weight is 222 g/mol. The molecule has 5 heteroatoms. The van der Waals surface area contributed by atoms with Gasteiger partial charge in [-0.05, 0) is 22.9 Å². The zero-order valence-electron chi connectivity index (χ0n) is 6.44. The van der Waals surface area contributed by atoms with Crippen LogP contribution in [0, 0.1) is 0 Å². The third-order valence-corrected chi connectivity index (χ3v) is 4.94. The first-order chi connectivity index (χ1) is 5.41. The summed E-state index contributed by atoms with van der Waals surface area (Å²) < 4.78 is 5.55. The van der Waals surface area contributed by atoms with Crippen LogP contribution in [0.5, 0.6) is 0 Å². The molecule has 64 valence electrons. The van der Waals surface area contributed by atoms with Gasteiger partial charge in [-0.15, -0.1) is 0 Å². The molecule has 0 saturated carbocycles. The summed E-state index contributed by atoms with van der Waals surface area (Å²) in [6.07, 6.45) is 4.11. The summed E-state index contributed by atoms with van der Waals surface area (Å²) in [7, 11) is -0.521. The van der Waals surface area contributed by atoms with E-state index in [-0.39, 0.29) is 19.5 Å².